The number of benzene rings is 2. The van der Waals surface area contributed by atoms with Crippen molar-refractivity contribution in [1.82, 2.24) is 19.2 Å². The van der Waals surface area contributed by atoms with Crippen LogP contribution >= 0.6 is 15.9 Å². The van der Waals surface area contributed by atoms with Crippen LogP contribution in [0.3, 0.4) is 0 Å². The van der Waals surface area contributed by atoms with Gasteiger partial charge in [0.1, 0.15) is 5.82 Å². The van der Waals surface area contributed by atoms with Gasteiger partial charge in [-0.05, 0) is 59.1 Å². The van der Waals surface area contributed by atoms with E-state index in [1.54, 1.807) is 6.07 Å². The number of carbonyl (C=O) groups is 1. The lowest BCUT2D eigenvalue weighted by Crippen LogP contribution is -2.29. The van der Waals surface area contributed by atoms with Gasteiger partial charge in [0.25, 0.3) is 5.91 Å². The van der Waals surface area contributed by atoms with E-state index in [0.29, 0.717) is 17.6 Å². The Labute approximate surface area is 177 Å². The molecule has 0 atom stereocenters. The Morgan fingerprint density at radius 3 is 2.62 bits per heavy atom. The number of para-hydroxylation sites is 2. The summed E-state index contributed by atoms with van der Waals surface area (Å²) in [5, 5.41) is 2.85. The summed E-state index contributed by atoms with van der Waals surface area (Å²) in [6, 6.07) is 12.3. The van der Waals surface area contributed by atoms with Crippen molar-refractivity contribution in [3.8, 4) is 0 Å². The molecule has 1 fully saturated rings. The van der Waals surface area contributed by atoms with E-state index in [1.165, 1.54) is 16.4 Å². The van der Waals surface area contributed by atoms with Crippen LogP contribution in [-0.2, 0) is 23.6 Å². The summed E-state index contributed by atoms with van der Waals surface area (Å²) in [6.45, 7) is 1.28. The first-order valence-electron chi connectivity index (χ1n) is 9.36. The Bertz CT molecular complexity index is 1180. The molecule has 1 N–H and O–H groups in total. The molecule has 1 amide bonds. The topological polar surface area (TPSA) is 84.3 Å². The van der Waals surface area contributed by atoms with Gasteiger partial charge >= 0.3 is 0 Å². The number of imidazole rings is 1. The molecule has 0 bridgehead atoms. The number of hydrogen-bond donors (Lipinski definition) is 1. The highest BCUT2D eigenvalue weighted by molar-refractivity contribution is 9.10. The molecule has 9 heteroatoms. The highest BCUT2D eigenvalue weighted by Gasteiger charge is 2.28. The standard InChI is InChI=1S/C20H21BrN4O3S/c1-24-18-7-3-2-6-17(18)23-19(24)13-22-20(26)15-12-14(8-9-16(15)21)29(27,28)25-10-4-5-11-25/h2-3,6-9,12H,4-5,10-11,13H2,1H3,(H,22,26). The van der Waals surface area contributed by atoms with Crippen molar-refractivity contribution < 1.29 is 13.2 Å². The van der Waals surface area contributed by atoms with Crippen molar-refractivity contribution in [1.29, 1.82) is 0 Å². The molecule has 152 valence electrons. The third-order valence-electron chi connectivity index (χ3n) is 5.17. The number of halogens is 1. The van der Waals surface area contributed by atoms with Crippen LogP contribution in [0, 0.1) is 0 Å². The van der Waals surface area contributed by atoms with Crippen LogP contribution in [-0.4, -0.2) is 41.3 Å². The maximum Gasteiger partial charge on any atom is 0.252 e. The molecule has 7 nitrogen and oxygen atoms in total. The van der Waals surface area contributed by atoms with E-state index in [2.05, 4.69) is 26.2 Å². The van der Waals surface area contributed by atoms with Gasteiger partial charge in [-0.2, -0.15) is 4.31 Å². The number of amides is 1. The normalized spacial score (nSPS) is 15.1. The van der Waals surface area contributed by atoms with Crippen molar-refractivity contribution in [2.75, 3.05) is 13.1 Å². The Morgan fingerprint density at radius 1 is 1.17 bits per heavy atom. The lowest BCUT2D eigenvalue weighted by atomic mass is 10.2. The summed E-state index contributed by atoms with van der Waals surface area (Å²) in [4.78, 5) is 17.5. The smallest absolute Gasteiger partial charge is 0.252 e. The van der Waals surface area contributed by atoms with Gasteiger partial charge in [0, 0.05) is 24.6 Å². The van der Waals surface area contributed by atoms with Crippen LogP contribution in [0.1, 0.15) is 29.0 Å². The average molecular weight is 477 g/mol. The first kappa shape index (κ1) is 20.1. The van der Waals surface area contributed by atoms with E-state index in [-0.39, 0.29) is 22.9 Å². The number of carbonyl (C=O) groups excluding carboxylic acids is 1. The van der Waals surface area contributed by atoms with Crippen molar-refractivity contribution >= 4 is 42.9 Å². The number of aromatic nitrogens is 2. The fraction of sp³-hybridized carbons (Fsp3) is 0.300. The molecule has 29 heavy (non-hydrogen) atoms. The third-order valence-corrected chi connectivity index (χ3v) is 7.76. The average Bonchev–Trinajstić information content (AvgIpc) is 3.36. The molecule has 1 aliphatic rings. The van der Waals surface area contributed by atoms with Crippen LogP contribution in [0.2, 0.25) is 0 Å². The first-order valence-corrected chi connectivity index (χ1v) is 11.6. The lowest BCUT2D eigenvalue weighted by Gasteiger charge is -2.16. The predicted octanol–water partition coefficient (Wildman–Crippen LogP) is 3.05. The van der Waals surface area contributed by atoms with Gasteiger partial charge in [0.2, 0.25) is 10.0 Å². The highest BCUT2D eigenvalue weighted by atomic mass is 79.9. The number of rotatable bonds is 5. The summed E-state index contributed by atoms with van der Waals surface area (Å²) < 4.78 is 29.6. The predicted molar refractivity (Wildman–Crippen MR) is 114 cm³/mol. The van der Waals surface area contributed by atoms with Gasteiger partial charge in [-0.1, -0.05) is 12.1 Å². The number of aryl methyl sites for hydroxylation is 1. The molecule has 0 spiro atoms. The van der Waals surface area contributed by atoms with Crippen molar-refractivity contribution in [2.45, 2.75) is 24.3 Å². The Kier molecular flexibility index (Phi) is 5.46. The fourth-order valence-corrected chi connectivity index (χ4v) is 5.50. The molecule has 1 saturated heterocycles. The zero-order chi connectivity index (χ0) is 20.6. The molecule has 0 saturated carbocycles. The Hall–Kier alpha value is -2.23. The zero-order valence-electron chi connectivity index (χ0n) is 15.9. The number of nitrogens with zero attached hydrogens (tertiary/aromatic N) is 3. The van der Waals surface area contributed by atoms with E-state index in [4.69, 9.17) is 0 Å². The van der Waals surface area contributed by atoms with Crippen molar-refractivity contribution in [2.24, 2.45) is 7.05 Å². The van der Waals surface area contributed by atoms with Gasteiger partial charge in [-0.3, -0.25) is 4.79 Å². The van der Waals surface area contributed by atoms with Gasteiger partial charge in [0.15, 0.2) is 0 Å². The molecule has 1 aliphatic heterocycles. The fourth-order valence-electron chi connectivity index (χ4n) is 3.52. The molecule has 2 aromatic carbocycles. The lowest BCUT2D eigenvalue weighted by molar-refractivity contribution is 0.0948. The molecule has 2 heterocycles. The largest absolute Gasteiger partial charge is 0.345 e. The van der Waals surface area contributed by atoms with Gasteiger partial charge in [0.05, 0.1) is 28.0 Å². The maximum atomic E-state index is 12.8. The second kappa shape index (κ2) is 7.89. The first-order chi connectivity index (χ1) is 13.9. The second-order valence-corrected chi connectivity index (χ2v) is 9.80. The number of fused-ring (bicyclic) bond motifs is 1. The van der Waals surface area contributed by atoms with Gasteiger partial charge < -0.3 is 9.88 Å². The maximum absolute atomic E-state index is 12.8. The summed E-state index contributed by atoms with van der Waals surface area (Å²) in [6.07, 6.45) is 1.72. The molecule has 3 aromatic rings. The minimum atomic E-state index is -3.59. The van der Waals surface area contributed by atoms with Crippen LogP contribution in [0.4, 0.5) is 0 Å². The third kappa shape index (κ3) is 3.82. The summed E-state index contributed by atoms with van der Waals surface area (Å²) >= 11 is 3.36. The Balaban J connectivity index is 1.56. The molecule has 0 aliphatic carbocycles. The number of sulfonamides is 1. The van der Waals surface area contributed by atoms with Crippen molar-refractivity contribution in [3.05, 3.63) is 58.3 Å². The summed E-state index contributed by atoms with van der Waals surface area (Å²) in [5.41, 5.74) is 2.12. The van der Waals surface area contributed by atoms with E-state index < -0.39 is 10.0 Å². The Morgan fingerprint density at radius 2 is 1.90 bits per heavy atom. The van der Waals surface area contributed by atoms with Crippen LogP contribution in [0.25, 0.3) is 11.0 Å². The minimum absolute atomic E-state index is 0.135. The number of nitrogens with one attached hydrogen (secondary N) is 1. The molecular formula is C20H21BrN4O3S. The summed E-state index contributed by atoms with van der Waals surface area (Å²) in [7, 11) is -1.69. The zero-order valence-corrected chi connectivity index (χ0v) is 18.3. The number of hydrogen-bond acceptors (Lipinski definition) is 4. The molecule has 0 radical (unpaired) electrons. The SMILES string of the molecule is Cn1c(CNC(=O)c2cc(S(=O)(=O)N3CCCC3)ccc2Br)nc2ccccc21. The van der Waals surface area contributed by atoms with Crippen LogP contribution < -0.4 is 5.32 Å². The highest BCUT2D eigenvalue weighted by Crippen LogP contribution is 2.25. The monoisotopic (exact) mass is 476 g/mol. The van der Waals surface area contributed by atoms with Gasteiger partial charge in [-0.15, -0.1) is 0 Å². The van der Waals surface area contributed by atoms with Gasteiger partial charge in [-0.25, -0.2) is 13.4 Å². The quantitative estimate of drug-likeness (QED) is 0.613. The van der Waals surface area contributed by atoms with Crippen LogP contribution in [0.15, 0.2) is 51.8 Å². The van der Waals surface area contributed by atoms with Crippen molar-refractivity contribution in [3.63, 3.8) is 0 Å². The second-order valence-electron chi connectivity index (χ2n) is 7.01. The van der Waals surface area contributed by atoms with E-state index in [1.807, 2.05) is 35.9 Å². The van der Waals surface area contributed by atoms with E-state index in [0.717, 1.165) is 29.7 Å². The summed E-state index contributed by atoms with van der Waals surface area (Å²) in [5.74, 6) is 0.360. The van der Waals surface area contributed by atoms with Crippen LogP contribution in [0.5, 0.6) is 0 Å². The molecule has 1 aromatic heterocycles. The minimum Gasteiger partial charge on any atom is -0.345 e. The molecule has 4 rings (SSSR count). The van der Waals surface area contributed by atoms with E-state index >= 15 is 0 Å². The molecular weight excluding hydrogens is 456 g/mol. The van der Waals surface area contributed by atoms with E-state index in [9.17, 15) is 13.2 Å². The molecule has 0 unspecified atom stereocenters.